The fraction of sp³-hybridized carbons (Fsp3) is 0.462. The van der Waals surface area contributed by atoms with Gasteiger partial charge in [-0.2, -0.15) is 0 Å². The van der Waals surface area contributed by atoms with Gasteiger partial charge in [0, 0.05) is 5.02 Å². The van der Waals surface area contributed by atoms with Crippen LogP contribution in [0.1, 0.15) is 20.3 Å². The minimum Gasteiger partial charge on any atom is -0.391 e. The molecule has 5 nitrogen and oxygen atoms in total. The lowest BCUT2D eigenvalue weighted by molar-refractivity contribution is 0.0874. The second kappa shape index (κ2) is 6.80. The number of halogens is 2. The van der Waals surface area contributed by atoms with Gasteiger partial charge in [-0.15, -0.1) is 0 Å². The Balaban J connectivity index is 2.12. The van der Waals surface area contributed by atoms with E-state index < -0.39 is 16.1 Å². The molecule has 1 aliphatic rings. The van der Waals surface area contributed by atoms with E-state index in [1.165, 1.54) is 12.1 Å². The summed E-state index contributed by atoms with van der Waals surface area (Å²) < 4.78 is 27.3. The van der Waals surface area contributed by atoms with Crippen molar-refractivity contribution in [2.75, 3.05) is 0 Å². The van der Waals surface area contributed by atoms with E-state index in [1.807, 2.05) is 6.92 Å². The first-order valence-corrected chi connectivity index (χ1v) is 9.61. The molecule has 1 aromatic carbocycles. The van der Waals surface area contributed by atoms with Crippen molar-refractivity contribution in [3.63, 3.8) is 0 Å². The van der Waals surface area contributed by atoms with E-state index in [2.05, 4.69) is 32.5 Å². The second-order valence-electron chi connectivity index (χ2n) is 4.77. The predicted octanol–water partition coefficient (Wildman–Crippen LogP) is 2.98. The number of hydrogen-bond acceptors (Lipinski definition) is 4. The first-order chi connectivity index (χ1) is 9.85. The predicted molar refractivity (Wildman–Crippen MR) is 91.6 cm³/mol. The molecule has 21 heavy (non-hydrogen) atoms. The van der Waals surface area contributed by atoms with E-state index in [1.54, 1.807) is 19.1 Å². The van der Waals surface area contributed by atoms with E-state index >= 15 is 0 Å². The van der Waals surface area contributed by atoms with Crippen LogP contribution in [0.2, 0.25) is 5.02 Å². The number of hydrogen-bond donors (Lipinski definition) is 1. The monoisotopic (exact) mass is 442 g/mol. The summed E-state index contributed by atoms with van der Waals surface area (Å²) in [5, 5.41) is 4.52. The minimum atomic E-state index is -3.61. The van der Waals surface area contributed by atoms with Crippen LogP contribution in [0.3, 0.4) is 0 Å². The SMILES string of the molecule is CCC1ON=C(C(C)NS(=O)(=O)c2ccc(Cl)cc2)C1I. The summed E-state index contributed by atoms with van der Waals surface area (Å²) in [5.41, 5.74) is 0.708. The molecule has 116 valence electrons. The lowest BCUT2D eigenvalue weighted by Gasteiger charge is -2.17. The molecule has 2 rings (SSSR count). The Morgan fingerprint density at radius 1 is 1.43 bits per heavy atom. The fourth-order valence-corrected chi connectivity index (χ4v) is 4.63. The van der Waals surface area contributed by atoms with Crippen LogP contribution in [0.15, 0.2) is 34.3 Å². The van der Waals surface area contributed by atoms with Crippen molar-refractivity contribution in [3.05, 3.63) is 29.3 Å². The van der Waals surface area contributed by atoms with Gasteiger partial charge in [-0.05, 0) is 37.6 Å². The maximum absolute atomic E-state index is 12.3. The first-order valence-electron chi connectivity index (χ1n) is 6.50. The topological polar surface area (TPSA) is 67.8 Å². The zero-order chi connectivity index (χ0) is 15.6. The summed E-state index contributed by atoms with van der Waals surface area (Å²) in [5.74, 6) is 0. The molecule has 1 aliphatic heterocycles. The Morgan fingerprint density at radius 2 is 2.05 bits per heavy atom. The average Bonchev–Trinajstić information content (AvgIpc) is 2.80. The summed E-state index contributed by atoms with van der Waals surface area (Å²) in [4.78, 5) is 5.49. The van der Waals surface area contributed by atoms with Gasteiger partial charge >= 0.3 is 0 Å². The fourth-order valence-electron chi connectivity index (χ4n) is 2.00. The molecule has 1 aromatic rings. The maximum Gasteiger partial charge on any atom is 0.241 e. The summed E-state index contributed by atoms with van der Waals surface area (Å²) in [6, 6.07) is 5.61. The Kier molecular flexibility index (Phi) is 5.50. The zero-order valence-corrected chi connectivity index (χ0v) is 15.3. The Labute approximate surface area is 143 Å². The van der Waals surface area contributed by atoms with Crippen LogP contribution in [0.25, 0.3) is 0 Å². The van der Waals surface area contributed by atoms with Gasteiger partial charge in [0.2, 0.25) is 10.0 Å². The largest absolute Gasteiger partial charge is 0.391 e. The summed E-state index contributed by atoms with van der Waals surface area (Å²) >= 11 is 8.00. The van der Waals surface area contributed by atoms with Gasteiger partial charge in [0.15, 0.2) is 0 Å². The lowest BCUT2D eigenvalue weighted by atomic mass is 10.1. The number of nitrogens with zero attached hydrogens (tertiary/aromatic N) is 1. The molecular weight excluding hydrogens is 427 g/mol. The number of rotatable bonds is 5. The molecule has 0 radical (unpaired) electrons. The third-order valence-corrected chi connectivity index (χ3v) is 6.45. The van der Waals surface area contributed by atoms with E-state index in [-0.39, 0.29) is 14.9 Å². The molecule has 0 saturated heterocycles. The van der Waals surface area contributed by atoms with Crippen molar-refractivity contribution in [2.45, 2.75) is 41.2 Å². The number of sulfonamides is 1. The molecule has 1 N–H and O–H groups in total. The van der Waals surface area contributed by atoms with E-state index in [0.717, 1.165) is 6.42 Å². The molecule has 1 heterocycles. The number of alkyl halides is 1. The quantitative estimate of drug-likeness (QED) is 0.563. The molecule has 3 atom stereocenters. The van der Waals surface area contributed by atoms with Crippen molar-refractivity contribution in [1.29, 1.82) is 0 Å². The molecule has 3 unspecified atom stereocenters. The number of benzene rings is 1. The van der Waals surface area contributed by atoms with Gasteiger partial charge in [-0.1, -0.05) is 46.3 Å². The van der Waals surface area contributed by atoms with Crippen molar-refractivity contribution < 1.29 is 13.3 Å². The third-order valence-electron chi connectivity index (χ3n) is 3.20. The van der Waals surface area contributed by atoms with Crippen molar-refractivity contribution >= 4 is 49.9 Å². The van der Waals surface area contributed by atoms with Crippen LogP contribution in [0, 0.1) is 0 Å². The zero-order valence-electron chi connectivity index (χ0n) is 11.6. The lowest BCUT2D eigenvalue weighted by Crippen LogP contribution is -2.42. The Morgan fingerprint density at radius 3 is 2.57 bits per heavy atom. The van der Waals surface area contributed by atoms with E-state index in [4.69, 9.17) is 16.4 Å². The molecule has 0 saturated carbocycles. The van der Waals surface area contributed by atoms with Crippen LogP contribution in [0.5, 0.6) is 0 Å². The van der Waals surface area contributed by atoms with Crippen molar-refractivity contribution in [3.8, 4) is 0 Å². The van der Waals surface area contributed by atoms with Gasteiger partial charge in [0.25, 0.3) is 0 Å². The molecule has 0 spiro atoms. The number of oxime groups is 1. The summed E-state index contributed by atoms with van der Waals surface area (Å²) in [6.07, 6.45) is 0.833. The molecule has 0 amide bonds. The first kappa shape index (κ1) is 17.0. The Hall–Kier alpha value is -0.380. The highest BCUT2D eigenvalue weighted by molar-refractivity contribution is 14.1. The van der Waals surface area contributed by atoms with E-state index in [0.29, 0.717) is 10.7 Å². The van der Waals surface area contributed by atoms with Crippen molar-refractivity contribution in [1.82, 2.24) is 4.72 Å². The number of nitrogens with one attached hydrogen (secondary N) is 1. The van der Waals surface area contributed by atoms with Crippen molar-refractivity contribution in [2.24, 2.45) is 5.16 Å². The molecule has 0 fully saturated rings. The van der Waals surface area contributed by atoms with Gasteiger partial charge in [0.1, 0.15) is 6.10 Å². The van der Waals surface area contributed by atoms with Crippen LogP contribution in [0.4, 0.5) is 0 Å². The van der Waals surface area contributed by atoms with Gasteiger partial charge < -0.3 is 4.84 Å². The summed E-state index contributed by atoms with van der Waals surface area (Å²) in [7, 11) is -3.61. The second-order valence-corrected chi connectivity index (χ2v) is 8.26. The van der Waals surface area contributed by atoms with Gasteiger partial charge in [-0.25, -0.2) is 13.1 Å². The summed E-state index contributed by atoms with van der Waals surface area (Å²) in [6.45, 7) is 3.77. The highest BCUT2D eigenvalue weighted by atomic mass is 127. The highest BCUT2D eigenvalue weighted by Crippen LogP contribution is 2.24. The minimum absolute atomic E-state index is 0.00286. The smallest absolute Gasteiger partial charge is 0.241 e. The normalized spacial score (nSPS) is 23.5. The third kappa shape index (κ3) is 3.88. The van der Waals surface area contributed by atoms with Crippen LogP contribution in [-0.2, 0) is 14.9 Å². The van der Waals surface area contributed by atoms with Crippen LogP contribution in [-0.4, -0.2) is 30.2 Å². The average molecular weight is 443 g/mol. The van der Waals surface area contributed by atoms with E-state index in [9.17, 15) is 8.42 Å². The molecule has 0 aliphatic carbocycles. The molecule has 8 heteroatoms. The van der Waals surface area contributed by atoms with Crippen LogP contribution < -0.4 is 4.72 Å². The maximum atomic E-state index is 12.3. The van der Waals surface area contributed by atoms with Crippen LogP contribution >= 0.6 is 34.2 Å². The van der Waals surface area contributed by atoms with Gasteiger partial charge in [0.05, 0.1) is 20.6 Å². The molecule has 0 aromatic heterocycles. The van der Waals surface area contributed by atoms with Gasteiger partial charge in [-0.3, -0.25) is 0 Å². The molecule has 0 bridgehead atoms. The molecular formula is C13H16ClIN2O3S. The Bertz CT molecular complexity index is 633. The highest BCUT2D eigenvalue weighted by Gasteiger charge is 2.35. The standard InChI is InChI=1S/C13H16ClIN2O3S/c1-3-11-12(15)13(16-20-11)8(2)17-21(18,19)10-6-4-9(14)5-7-10/h4-8,11-12,17H,3H2,1-2H3.